The van der Waals surface area contributed by atoms with Crippen LogP contribution in [-0.4, -0.2) is 29.6 Å². The van der Waals surface area contributed by atoms with E-state index >= 15 is 0 Å². The first kappa shape index (κ1) is 19.4. The van der Waals surface area contributed by atoms with Gasteiger partial charge in [-0.3, -0.25) is 0 Å². The Labute approximate surface area is 163 Å². The molecule has 2 aromatic carbocycles. The fraction of sp³-hybridized carbons (Fsp3) is 0.150. The molecule has 3 aromatic rings. The lowest BCUT2D eigenvalue weighted by Crippen LogP contribution is -1.97. The van der Waals surface area contributed by atoms with Gasteiger partial charge in [-0.1, -0.05) is 41.9 Å². The van der Waals surface area contributed by atoms with Crippen molar-refractivity contribution >= 4 is 27.6 Å². The zero-order valence-electron chi connectivity index (χ0n) is 14.9. The Bertz CT molecular complexity index is 1080. The van der Waals surface area contributed by atoms with E-state index in [1.165, 1.54) is 6.26 Å². The van der Waals surface area contributed by atoms with Gasteiger partial charge in [0.05, 0.1) is 17.2 Å². The highest BCUT2D eigenvalue weighted by atomic mass is 35.5. The first-order valence-electron chi connectivity index (χ1n) is 8.26. The first-order chi connectivity index (χ1) is 12.8. The van der Waals surface area contributed by atoms with E-state index in [2.05, 4.69) is 5.10 Å². The molecule has 7 heteroatoms. The first-order valence-corrected chi connectivity index (χ1v) is 10.5. The Kier molecular flexibility index (Phi) is 5.51. The molecular formula is C20H19ClN2O3S. The number of aliphatic hydroxyl groups is 1. The largest absolute Gasteiger partial charge is 0.390 e. The van der Waals surface area contributed by atoms with E-state index in [4.69, 9.17) is 11.6 Å². The number of halogens is 1. The fourth-order valence-electron chi connectivity index (χ4n) is 2.87. The molecule has 0 radical (unpaired) electrons. The topological polar surface area (TPSA) is 72.2 Å². The summed E-state index contributed by atoms with van der Waals surface area (Å²) in [5, 5.41) is 15.2. The molecule has 140 valence electrons. The van der Waals surface area contributed by atoms with Gasteiger partial charge in [-0.05, 0) is 36.8 Å². The summed E-state index contributed by atoms with van der Waals surface area (Å²) in [6.45, 7) is 1.67. The van der Waals surface area contributed by atoms with Crippen LogP contribution in [0.1, 0.15) is 12.6 Å². The molecule has 5 nitrogen and oxygen atoms in total. The van der Waals surface area contributed by atoms with Crippen molar-refractivity contribution in [1.82, 2.24) is 9.78 Å². The van der Waals surface area contributed by atoms with E-state index in [-0.39, 0.29) is 11.5 Å². The summed E-state index contributed by atoms with van der Waals surface area (Å²) in [6, 6.07) is 13.9. The highest BCUT2D eigenvalue weighted by molar-refractivity contribution is 7.90. The van der Waals surface area contributed by atoms with E-state index < -0.39 is 9.84 Å². The average molecular weight is 403 g/mol. The minimum Gasteiger partial charge on any atom is -0.390 e. The maximum atomic E-state index is 11.7. The van der Waals surface area contributed by atoms with Crippen LogP contribution in [-0.2, 0) is 16.4 Å². The number of benzene rings is 2. The van der Waals surface area contributed by atoms with Crippen molar-refractivity contribution in [2.75, 3.05) is 6.26 Å². The third-order valence-corrected chi connectivity index (χ3v) is 5.52. The summed E-state index contributed by atoms with van der Waals surface area (Å²) in [5.74, 6) is 0. The van der Waals surface area contributed by atoms with E-state index in [9.17, 15) is 13.5 Å². The van der Waals surface area contributed by atoms with Crippen molar-refractivity contribution in [3.05, 3.63) is 65.3 Å². The van der Waals surface area contributed by atoms with Gasteiger partial charge in [0.2, 0.25) is 0 Å². The van der Waals surface area contributed by atoms with Crippen LogP contribution >= 0.6 is 11.6 Å². The zero-order valence-corrected chi connectivity index (χ0v) is 16.5. The normalized spacial score (nSPS) is 12.0. The monoisotopic (exact) mass is 402 g/mol. The number of nitrogens with zero attached hydrogens (tertiary/aromatic N) is 2. The highest BCUT2D eigenvalue weighted by Gasteiger charge is 2.20. The Morgan fingerprint density at radius 1 is 1.07 bits per heavy atom. The SMILES string of the molecule is CC=Cn1nc(-c2ccc(S(C)(=O)=O)cc2)c(-c2ccc(Cl)cc2)c1CO. The zero-order chi connectivity index (χ0) is 19.6. The predicted octanol–water partition coefficient (Wildman–Crippen LogP) is 4.26. The Balaban J connectivity index is 2.24. The maximum Gasteiger partial charge on any atom is 0.175 e. The molecule has 0 aliphatic heterocycles. The molecule has 3 rings (SSSR count). The molecule has 0 atom stereocenters. The van der Waals surface area contributed by atoms with Crippen molar-refractivity contribution < 1.29 is 13.5 Å². The van der Waals surface area contributed by atoms with Gasteiger partial charge in [0.15, 0.2) is 9.84 Å². The van der Waals surface area contributed by atoms with Gasteiger partial charge in [-0.15, -0.1) is 0 Å². The number of allylic oxidation sites excluding steroid dienone is 1. The standard InChI is InChI=1S/C20H19ClN2O3S/c1-3-12-23-18(13-24)19(14-4-8-16(21)9-5-14)20(22-23)15-6-10-17(11-7-15)27(2,25)26/h3-12,24H,13H2,1-2H3. The number of hydrogen-bond acceptors (Lipinski definition) is 4. The van der Waals surface area contributed by atoms with Crippen LogP contribution in [0.3, 0.4) is 0 Å². The van der Waals surface area contributed by atoms with Crippen molar-refractivity contribution in [2.45, 2.75) is 18.4 Å². The summed E-state index contributed by atoms with van der Waals surface area (Å²) in [5.41, 5.74) is 3.68. The second-order valence-corrected chi connectivity index (χ2v) is 8.51. The van der Waals surface area contributed by atoms with Crippen molar-refractivity contribution in [3.8, 4) is 22.4 Å². The molecule has 0 fully saturated rings. The van der Waals surface area contributed by atoms with Gasteiger partial charge < -0.3 is 5.11 Å². The molecule has 1 aromatic heterocycles. The van der Waals surface area contributed by atoms with Crippen molar-refractivity contribution in [2.24, 2.45) is 0 Å². The molecule has 0 saturated heterocycles. The summed E-state index contributed by atoms with van der Waals surface area (Å²) >= 11 is 6.01. The summed E-state index contributed by atoms with van der Waals surface area (Å²) < 4.78 is 25.1. The van der Waals surface area contributed by atoms with Gasteiger partial charge in [0.1, 0.15) is 5.69 Å². The van der Waals surface area contributed by atoms with Gasteiger partial charge in [0, 0.05) is 28.6 Å². The molecule has 27 heavy (non-hydrogen) atoms. The van der Waals surface area contributed by atoms with Crippen LogP contribution in [0.25, 0.3) is 28.6 Å². The van der Waals surface area contributed by atoms with Gasteiger partial charge in [-0.25, -0.2) is 13.1 Å². The smallest absolute Gasteiger partial charge is 0.175 e. The minimum absolute atomic E-state index is 0.198. The molecule has 0 bridgehead atoms. The Morgan fingerprint density at radius 3 is 2.19 bits per heavy atom. The molecule has 1 heterocycles. The number of hydrogen-bond donors (Lipinski definition) is 1. The maximum absolute atomic E-state index is 11.7. The summed E-state index contributed by atoms with van der Waals surface area (Å²) in [4.78, 5) is 0.245. The van der Waals surface area contributed by atoms with Crippen LogP contribution < -0.4 is 0 Å². The number of rotatable bonds is 5. The molecule has 1 N–H and O–H groups in total. The predicted molar refractivity (Wildman–Crippen MR) is 108 cm³/mol. The molecule has 0 amide bonds. The van der Waals surface area contributed by atoms with Crippen LogP contribution in [0.5, 0.6) is 0 Å². The van der Waals surface area contributed by atoms with Gasteiger partial charge in [-0.2, -0.15) is 5.10 Å². The third-order valence-electron chi connectivity index (χ3n) is 4.14. The van der Waals surface area contributed by atoms with Crippen molar-refractivity contribution in [3.63, 3.8) is 0 Å². The Hall–Kier alpha value is -2.41. The summed E-state index contributed by atoms with van der Waals surface area (Å²) in [6.07, 6.45) is 4.76. The van der Waals surface area contributed by atoms with E-state index in [0.29, 0.717) is 16.4 Å². The highest BCUT2D eigenvalue weighted by Crippen LogP contribution is 2.35. The van der Waals surface area contributed by atoms with Crippen LogP contribution in [0.15, 0.2) is 59.5 Å². The molecule has 0 unspecified atom stereocenters. The van der Waals surface area contributed by atoms with Gasteiger partial charge >= 0.3 is 0 Å². The third kappa shape index (κ3) is 3.98. The van der Waals surface area contributed by atoms with Gasteiger partial charge in [0.25, 0.3) is 0 Å². The van der Waals surface area contributed by atoms with E-state index in [1.54, 1.807) is 47.3 Å². The fourth-order valence-corrected chi connectivity index (χ4v) is 3.62. The lowest BCUT2D eigenvalue weighted by atomic mass is 9.99. The van der Waals surface area contributed by atoms with E-state index in [0.717, 1.165) is 16.7 Å². The Morgan fingerprint density at radius 2 is 1.67 bits per heavy atom. The second kappa shape index (κ2) is 7.68. The van der Waals surface area contributed by atoms with Crippen LogP contribution in [0.4, 0.5) is 0 Å². The average Bonchev–Trinajstić information content (AvgIpc) is 3.00. The summed E-state index contributed by atoms with van der Waals surface area (Å²) in [7, 11) is -3.28. The molecule has 0 aliphatic rings. The second-order valence-electron chi connectivity index (χ2n) is 6.06. The molecule has 0 aliphatic carbocycles. The molecule has 0 saturated carbocycles. The van der Waals surface area contributed by atoms with Crippen LogP contribution in [0.2, 0.25) is 5.02 Å². The number of aliphatic hydroxyl groups excluding tert-OH is 1. The van der Waals surface area contributed by atoms with E-state index in [1.807, 2.05) is 25.1 Å². The number of aromatic nitrogens is 2. The quantitative estimate of drug-likeness (QED) is 0.692. The lowest BCUT2D eigenvalue weighted by Gasteiger charge is -2.07. The van der Waals surface area contributed by atoms with Crippen LogP contribution in [0, 0.1) is 0 Å². The molecular weight excluding hydrogens is 384 g/mol. The number of sulfone groups is 1. The van der Waals surface area contributed by atoms with Crippen molar-refractivity contribution in [1.29, 1.82) is 0 Å². The lowest BCUT2D eigenvalue weighted by molar-refractivity contribution is 0.274. The minimum atomic E-state index is -3.28. The molecule has 0 spiro atoms.